The lowest BCUT2D eigenvalue weighted by Crippen LogP contribution is -2.55. The van der Waals surface area contributed by atoms with Gasteiger partial charge in [0, 0.05) is 42.1 Å². The van der Waals surface area contributed by atoms with Crippen LogP contribution in [-0.2, 0) is 19.1 Å². The maximum absolute atomic E-state index is 13.0. The van der Waals surface area contributed by atoms with Gasteiger partial charge in [-0.05, 0) is 48.5 Å². The number of nitrogens with one attached hydrogen (secondary N) is 2. The van der Waals surface area contributed by atoms with Crippen molar-refractivity contribution >= 4 is 34.9 Å². The topological polar surface area (TPSA) is 158 Å². The Morgan fingerprint density at radius 3 is 2.26 bits per heavy atom. The number of amidine groups is 1. The van der Waals surface area contributed by atoms with Crippen molar-refractivity contribution < 1.29 is 29.0 Å². The lowest BCUT2D eigenvalue weighted by Gasteiger charge is -2.34. The van der Waals surface area contributed by atoms with Crippen LogP contribution >= 0.6 is 0 Å². The van der Waals surface area contributed by atoms with E-state index in [2.05, 4.69) is 5.32 Å². The van der Waals surface area contributed by atoms with E-state index in [0.29, 0.717) is 48.8 Å². The normalized spacial score (nSPS) is 19.2. The van der Waals surface area contributed by atoms with Gasteiger partial charge in [0.2, 0.25) is 0 Å². The van der Waals surface area contributed by atoms with Crippen LogP contribution in [0.5, 0.6) is 0 Å². The standard InChI is InChI=1S/C24H27N5O6/c25-21(26)15-1-5-17(6-2-15)27-22(31)19(30)20-24(33)29(11-14-35-20)18-7-3-16(4-8-18)23(32)28-9-12-34-13-10-28/h1-8,19-20,30H,9-14H2,(H3,25,26)(H,27,31). The van der Waals surface area contributed by atoms with Gasteiger partial charge in [0.25, 0.3) is 17.7 Å². The molecule has 0 aliphatic carbocycles. The van der Waals surface area contributed by atoms with Gasteiger partial charge < -0.3 is 35.4 Å². The zero-order valence-electron chi connectivity index (χ0n) is 19.0. The molecule has 0 spiro atoms. The van der Waals surface area contributed by atoms with Crippen molar-refractivity contribution in [3.63, 3.8) is 0 Å². The number of nitrogens with two attached hydrogens (primary N) is 1. The molecule has 184 valence electrons. The van der Waals surface area contributed by atoms with Gasteiger partial charge in [-0.3, -0.25) is 19.8 Å². The molecule has 3 amide bonds. The van der Waals surface area contributed by atoms with Crippen molar-refractivity contribution in [3.8, 4) is 0 Å². The number of carbonyl (C=O) groups is 3. The molecule has 2 heterocycles. The Bertz CT molecular complexity index is 1100. The maximum Gasteiger partial charge on any atom is 0.259 e. The predicted octanol–water partition coefficient (Wildman–Crippen LogP) is 0.174. The number of anilines is 2. The molecule has 2 aliphatic rings. The zero-order chi connectivity index (χ0) is 24.9. The van der Waals surface area contributed by atoms with Crippen LogP contribution in [0.4, 0.5) is 11.4 Å². The Kier molecular flexibility index (Phi) is 7.39. The fourth-order valence-electron chi connectivity index (χ4n) is 3.91. The molecule has 2 saturated heterocycles. The number of hydrogen-bond donors (Lipinski definition) is 4. The highest BCUT2D eigenvalue weighted by atomic mass is 16.5. The smallest absolute Gasteiger partial charge is 0.259 e. The Balaban J connectivity index is 1.40. The fraction of sp³-hybridized carbons (Fsp3) is 0.333. The lowest BCUT2D eigenvalue weighted by molar-refractivity contribution is -0.150. The minimum absolute atomic E-state index is 0.102. The van der Waals surface area contributed by atoms with Gasteiger partial charge in [0.1, 0.15) is 5.84 Å². The van der Waals surface area contributed by atoms with E-state index in [4.69, 9.17) is 20.6 Å². The van der Waals surface area contributed by atoms with Crippen molar-refractivity contribution in [1.82, 2.24) is 4.90 Å². The number of amides is 3. The van der Waals surface area contributed by atoms with Crippen molar-refractivity contribution in [2.24, 2.45) is 5.73 Å². The van der Waals surface area contributed by atoms with Crippen LogP contribution in [0.1, 0.15) is 15.9 Å². The first kappa shape index (κ1) is 24.3. The summed E-state index contributed by atoms with van der Waals surface area (Å²) in [6.45, 7) is 2.45. The molecule has 0 bridgehead atoms. The molecule has 11 heteroatoms. The highest BCUT2D eigenvalue weighted by molar-refractivity contribution is 6.04. The molecule has 2 aliphatic heterocycles. The molecule has 5 N–H and O–H groups in total. The van der Waals surface area contributed by atoms with Crippen LogP contribution in [0.3, 0.4) is 0 Å². The first-order valence-electron chi connectivity index (χ1n) is 11.2. The largest absolute Gasteiger partial charge is 0.384 e. The summed E-state index contributed by atoms with van der Waals surface area (Å²) in [5.41, 5.74) is 7.32. The predicted molar refractivity (Wildman–Crippen MR) is 127 cm³/mol. The number of nitrogen functional groups attached to an aromatic ring is 1. The zero-order valence-corrected chi connectivity index (χ0v) is 19.0. The first-order chi connectivity index (χ1) is 16.8. The van der Waals surface area contributed by atoms with Gasteiger partial charge in [-0.25, -0.2) is 0 Å². The van der Waals surface area contributed by atoms with Crippen molar-refractivity contribution in [3.05, 3.63) is 59.7 Å². The molecule has 2 fully saturated rings. The maximum atomic E-state index is 13.0. The molecule has 2 aromatic rings. The van der Waals surface area contributed by atoms with Crippen LogP contribution < -0.4 is 16.0 Å². The Morgan fingerprint density at radius 2 is 1.63 bits per heavy atom. The van der Waals surface area contributed by atoms with Crippen LogP contribution in [0.15, 0.2) is 48.5 Å². The first-order valence-corrected chi connectivity index (χ1v) is 11.2. The average molecular weight is 482 g/mol. The third-order valence-corrected chi connectivity index (χ3v) is 5.86. The molecular weight excluding hydrogens is 454 g/mol. The van der Waals surface area contributed by atoms with Crippen LogP contribution in [0, 0.1) is 5.41 Å². The second kappa shape index (κ2) is 10.6. The second-order valence-corrected chi connectivity index (χ2v) is 8.16. The molecule has 0 radical (unpaired) electrons. The van der Waals surface area contributed by atoms with Crippen molar-refractivity contribution in [2.75, 3.05) is 49.7 Å². The number of morpholine rings is 2. The van der Waals surface area contributed by atoms with E-state index in [1.54, 1.807) is 41.3 Å². The second-order valence-electron chi connectivity index (χ2n) is 8.16. The summed E-state index contributed by atoms with van der Waals surface area (Å²) in [5.74, 6) is -1.57. The summed E-state index contributed by atoms with van der Waals surface area (Å²) in [5, 5.41) is 20.5. The minimum Gasteiger partial charge on any atom is -0.384 e. The summed E-state index contributed by atoms with van der Waals surface area (Å²) in [7, 11) is 0. The molecule has 2 atom stereocenters. The molecule has 4 rings (SSSR count). The third-order valence-electron chi connectivity index (χ3n) is 5.86. The molecule has 11 nitrogen and oxygen atoms in total. The summed E-state index contributed by atoms with van der Waals surface area (Å²) in [4.78, 5) is 41.4. The van der Waals surface area contributed by atoms with Gasteiger partial charge in [-0.2, -0.15) is 0 Å². The summed E-state index contributed by atoms with van der Waals surface area (Å²) < 4.78 is 10.7. The number of aliphatic hydroxyl groups is 1. The summed E-state index contributed by atoms with van der Waals surface area (Å²) in [6.07, 6.45) is -3.12. The number of nitrogens with zero attached hydrogens (tertiary/aromatic N) is 2. The minimum atomic E-state index is -1.74. The van der Waals surface area contributed by atoms with Gasteiger partial charge >= 0.3 is 0 Å². The Hall–Kier alpha value is -3.80. The third kappa shape index (κ3) is 5.48. The number of rotatable bonds is 6. The van der Waals surface area contributed by atoms with E-state index in [0.717, 1.165) is 0 Å². The number of hydrogen-bond acceptors (Lipinski definition) is 7. The summed E-state index contributed by atoms with van der Waals surface area (Å²) >= 11 is 0. The van der Waals surface area contributed by atoms with E-state index in [1.807, 2.05) is 0 Å². The van der Waals surface area contributed by atoms with Crippen LogP contribution in [-0.4, -0.2) is 85.2 Å². The fourth-order valence-corrected chi connectivity index (χ4v) is 3.91. The highest BCUT2D eigenvalue weighted by Gasteiger charge is 2.39. The molecule has 2 unspecified atom stereocenters. The highest BCUT2D eigenvalue weighted by Crippen LogP contribution is 2.22. The van der Waals surface area contributed by atoms with Gasteiger partial charge in [0.05, 0.1) is 19.8 Å². The molecule has 35 heavy (non-hydrogen) atoms. The average Bonchev–Trinajstić information content (AvgIpc) is 2.89. The van der Waals surface area contributed by atoms with Crippen molar-refractivity contribution in [2.45, 2.75) is 12.2 Å². The van der Waals surface area contributed by atoms with E-state index in [1.165, 1.54) is 17.0 Å². The van der Waals surface area contributed by atoms with Crippen molar-refractivity contribution in [1.29, 1.82) is 5.41 Å². The van der Waals surface area contributed by atoms with E-state index < -0.39 is 24.0 Å². The van der Waals surface area contributed by atoms with Crippen LogP contribution in [0.25, 0.3) is 0 Å². The molecular formula is C24H27N5O6. The van der Waals surface area contributed by atoms with Gasteiger partial charge in [-0.15, -0.1) is 0 Å². The van der Waals surface area contributed by atoms with Crippen LogP contribution in [0.2, 0.25) is 0 Å². The molecule has 0 aromatic heterocycles. The Morgan fingerprint density at radius 1 is 1.00 bits per heavy atom. The lowest BCUT2D eigenvalue weighted by atomic mass is 10.1. The van der Waals surface area contributed by atoms with Gasteiger partial charge in [-0.1, -0.05) is 0 Å². The SMILES string of the molecule is N=C(N)c1ccc(NC(=O)C(O)C2OCCN(c3ccc(C(=O)N4CCOCC4)cc3)C2=O)cc1. The molecule has 2 aromatic carbocycles. The van der Waals surface area contributed by atoms with Gasteiger partial charge in [0.15, 0.2) is 12.2 Å². The number of ether oxygens (including phenoxy) is 2. The number of benzene rings is 2. The number of aliphatic hydroxyl groups excluding tert-OH is 1. The Labute approximate surface area is 201 Å². The summed E-state index contributed by atoms with van der Waals surface area (Å²) in [6, 6.07) is 12.8. The van der Waals surface area contributed by atoms with E-state index in [-0.39, 0.29) is 24.9 Å². The van der Waals surface area contributed by atoms with E-state index >= 15 is 0 Å². The van der Waals surface area contributed by atoms with E-state index in [9.17, 15) is 19.5 Å². The molecule has 0 saturated carbocycles. The quantitative estimate of drug-likeness (QED) is 0.338. The number of carbonyl (C=O) groups excluding carboxylic acids is 3. The monoisotopic (exact) mass is 481 g/mol.